The van der Waals surface area contributed by atoms with Crippen molar-refractivity contribution < 1.29 is 14.3 Å². The Morgan fingerprint density at radius 1 is 1.47 bits per heavy atom. The van der Waals surface area contributed by atoms with Crippen molar-refractivity contribution in [1.82, 2.24) is 0 Å². The summed E-state index contributed by atoms with van der Waals surface area (Å²) in [6, 6.07) is 1.30. The predicted molar refractivity (Wildman–Crippen MR) is 58.7 cm³/mol. The molecule has 3 rings (SSSR count). The molecule has 3 aliphatic rings. The Bertz CT molecular complexity index is 281. The monoisotopic (exact) mass is 226 g/mol. The fraction of sp³-hybridized carbons (Fsp3) is 0.909. The molecular weight excluding hydrogens is 208 g/mol. The lowest BCUT2D eigenvalue weighted by Gasteiger charge is -2.25. The van der Waals surface area contributed by atoms with Crippen molar-refractivity contribution in [2.24, 2.45) is 17.8 Å². The maximum atomic E-state index is 11.5. The first kappa shape index (κ1) is 9.84. The van der Waals surface area contributed by atoms with Gasteiger partial charge in [0.1, 0.15) is 6.10 Å². The topological polar surface area (TPSA) is 35.5 Å². The van der Waals surface area contributed by atoms with Gasteiger partial charge >= 0.3 is 5.97 Å². The van der Waals surface area contributed by atoms with Gasteiger partial charge in [0.2, 0.25) is 0 Å². The number of esters is 1. The highest BCUT2D eigenvalue weighted by Gasteiger charge is 2.62. The van der Waals surface area contributed by atoms with Crippen molar-refractivity contribution in [2.45, 2.75) is 37.5 Å². The Balaban J connectivity index is 1.65. The molecule has 3 fully saturated rings. The van der Waals surface area contributed by atoms with Crippen molar-refractivity contribution in [1.29, 1.82) is 0 Å². The minimum atomic E-state index is 0.0431. The molecule has 5 atom stereocenters. The van der Waals surface area contributed by atoms with Crippen molar-refractivity contribution in [3.05, 3.63) is 0 Å². The normalized spacial score (nSPS) is 46.4. The van der Waals surface area contributed by atoms with E-state index in [4.69, 9.17) is 9.47 Å². The number of fused-ring (bicyclic) bond motifs is 1. The summed E-state index contributed by atoms with van der Waals surface area (Å²) in [5.74, 6) is 1.36. The Hall–Kier alpha value is -0.353. The number of rotatable bonds is 4. The van der Waals surface area contributed by atoms with Gasteiger partial charge < -0.3 is 9.47 Å². The predicted octanol–water partition coefficient (Wildman–Crippen LogP) is 0.127. The fourth-order valence-electron chi connectivity index (χ4n) is 3.50. The van der Waals surface area contributed by atoms with Gasteiger partial charge in [-0.1, -0.05) is 6.04 Å². The van der Waals surface area contributed by atoms with Crippen LogP contribution in [0.3, 0.4) is 0 Å². The molecule has 2 bridgehead atoms. The number of hydrogen-bond acceptors (Lipinski definition) is 3. The second-order valence-corrected chi connectivity index (χ2v) is 6.09. The molecule has 0 amide bonds. The van der Waals surface area contributed by atoms with Crippen LogP contribution in [-0.4, -0.2) is 35.0 Å². The molecule has 1 aliphatic heterocycles. The van der Waals surface area contributed by atoms with Crippen LogP contribution in [0.25, 0.3) is 0 Å². The average molecular weight is 226 g/mol. The van der Waals surface area contributed by atoms with Gasteiger partial charge in [-0.15, -0.1) is 0 Å². The molecule has 4 heteroatoms. The largest absolute Gasteiger partial charge is 0.459 e. The van der Waals surface area contributed by atoms with Crippen LogP contribution in [-0.2, 0) is 14.3 Å². The summed E-state index contributed by atoms with van der Waals surface area (Å²) in [4.78, 5) is 11.5. The van der Waals surface area contributed by atoms with Gasteiger partial charge in [0.25, 0.3) is 0 Å². The zero-order valence-corrected chi connectivity index (χ0v) is 11.1. The summed E-state index contributed by atoms with van der Waals surface area (Å²) < 4.78 is 11.3. The van der Waals surface area contributed by atoms with E-state index in [0.29, 0.717) is 11.8 Å². The van der Waals surface area contributed by atoms with Crippen LogP contribution < -0.4 is 0 Å². The lowest BCUT2D eigenvalue weighted by molar-refractivity contribution is -0.147. The maximum Gasteiger partial charge on any atom is 0.309 e. The van der Waals surface area contributed by atoms with E-state index in [9.17, 15) is 4.79 Å². The summed E-state index contributed by atoms with van der Waals surface area (Å²) >= 11 is 0. The molecule has 0 aromatic rings. The van der Waals surface area contributed by atoms with Crippen LogP contribution in [0.1, 0.15) is 19.3 Å². The summed E-state index contributed by atoms with van der Waals surface area (Å²) in [7, 11) is 1.26. The van der Waals surface area contributed by atoms with Gasteiger partial charge in [-0.2, -0.15) is 0 Å². The molecule has 0 aromatic carbocycles. The third kappa shape index (κ3) is 1.38. The smallest absolute Gasteiger partial charge is 0.309 e. The first-order chi connectivity index (χ1) is 7.31. The highest BCUT2D eigenvalue weighted by Crippen LogP contribution is 2.55. The third-order valence-corrected chi connectivity index (χ3v) is 4.93. The fourth-order valence-corrected chi connectivity index (χ4v) is 3.78. The van der Waals surface area contributed by atoms with Crippen molar-refractivity contribution in [3.8, 4) is 0 Å². The van der Waals surface area contributed by atoms with Crippen LogP contribution in [0.5, 0.6) is 0 Å². The summed E-state index contributed by atoms with van der Waals surface area (Å²) in [5.41, 5.74) is 0. The van der Waals surface area contributed by atoms with E-state index in [1.165, 1.54) is 22.7 Å². The highest BCUT2D eigenvalue weighted by molar-refractivity contribution is 6.08. The van der Waals surface area contributed by atoms with Crippen molar-refractivity contribution in [3.63, 3.8) is 0 Å². The zero-order valence-electron chi connectivity index (χ0n) is 9.15. The van der Waals surface area contributed by atoms with Gasteiger partial charge in [0.05, 0.1) is 12.0 Å². The molecule has 1 saturated heterocycles. The van der Waals surface area contributed by atoms with Crippen LogP contribution >= 0.6 is 0 Å². The second kappa shape index (κ2) is 3.59. The Morgan fingerprint density at radius 3 is 3.13 bits per heavy atom. The van der Waals surface area contributed by atoms with Crippen molar-refractivity contribution in [2.75, 3.05) is 6.61 Å². The van der Waals surface area contributed by atoms with Crippen LogP contribution in [0.15, 0.2) is 0 Å². The molecule has 1 heterocycles. The van der Waals surface area contributed by atoms with Gasteiger partial charge in [-0.25, -0.2) is 0 Å². The minimum Gasteiger partial charge on any atom is -0.459 e. The van der Waals surface area contributed by atoms with Crippen LogP contribution in [0, 0.1) is 17.8 Å². The molecule has 3 nitrogen and oxygen atoms in total. The Morgan fingerprint density at radius 2 is 2.33 bits per heavy atom. The Kier molecular flexibility index (Phi) is 2.36. The van der Waals surface area contributed by atoms with E-state index in [0.717, 1.165) is 19.4 Å². The third-order valence-electron chi connectivity index (χ3n) is 4.22. The molecule has 2 saturated carbocycles. The number of hydrogen-bond donors (Lipinski definition) is 0. The van der Waals surface area contributed by atoms with E-state index in [1.54, 1.807) is 0 Å². The molecule has 0 N–H and O–H groups in total. The van der Waals surface area contributed by atoms with Crippen LogP contribution in [0.4, 0.5) is 0 Å². The number of carbonyl (C=O) groups excluding carboxylic acids is 1. The van der Waals surface area contributed by atoms with Crippen molar-refractivity contribution >= 4 is 16.2 Å². The summed E-state index contributed by atoms with van der Waals surface area (Å²) in [6.07, 6.45) is 3.68. The van der Waals surface area contributed by atoms with E-state index < -0.39 is 0 Å². The SMILES string of the molecule is O=C1OC2C3CC(CC13)C2OCCC[SiH3]. The first-order valence-corrected chi connectivity index (χ1v) is 7.54. The van der Waals surface area contributed by atoms with E-state index >= 15 is 0 Å². The lowest BCUT2D eigenvalue weighted by Crippen LogP contribution is -2.34. The molecule has 0 aromatic heterocycles. The van der Waals surface area contributed by atoms with Gasteiger partial charge in [-0.05, 0) is 25.2 Å². The summed E-state index contributed by atoms with van der Waals surface area (Å²) in [5, 5.41) is 0. The van der Waals surface area contributed by atoms with Gasteiger partial charge in [0.15, 0.2) is 0 Å². The second-order valence-electron chi connectivity index (χ2n) is 5.09. The molecule has 5 unspecified atom stereocenters. The molecule has 2 aliphatic carbocycles. The molecule has 84 valence electrons. The Labute approximate surface area is 92.9 Å². The molecule has 15 heavy (non-hydrogen) atoms. The molecular formula is C11H18O3Si. The van der Waals surface area contributed by atoms with Crippen LogP contribution in [0.2, 0.25) is 6.04 Å². The minimum absolute atomic E-state index is 0.0431. The average Bonchev–Trinajstić information content (AvgIpc) is 2.81. The standard InChI is InChI=1S/C11H18O3Si/c12-11-8-5-6-4-7(8)10(14-11)9(6)13-2-1-3-15/h6-10H,1-5H2,15H3. The van der Waals surface area contributed by atoms with E-state index in [-0.39, 0.29) is 24.1 Å². The first-order valence-electron chi connectivity index (χ1n) is 6.13. The maximum absolute atomic E-state index is 11.5. The molecule has 0 spiro atoms. The van der Waals surface area contributed by atoms with E-state index in [2.05, 4.69) is 0 Å². The van der Waals surface area contributed by atoms with Gasteiger partial charge in [0, 0.05) is 22.8 Å². The molecule has 0 radical (unpaired) electrons. The lowest BCUT2D eigenvalue weighted by atomic mass is 9.88. The van der Waals surface area contributed by atoms with E-state index in [1.807, 2.05) is 0 Å². The van der Waals surface area contributed by atoms with Gasteiger partial charge in [-0.3, -0.25) is 4.79 Å². The number of carbonyl (C=O) groups is 1. The number of ether oxygens (including phenoxy) is 2. The quantitative estimate of drug-likeness (QED) is 0.388. The zero-order chi connectivity index (χ0) is 10.4. The highest BCUT2D eigenvalue weighted by atomic mass is 28.1. The summed E-state index contributed by atoms with van der Waals surface area (Å²) in [6.45, 7) is 0.857.